The maximum absolute atomic E-state index is 5.96. The Morgan fingerprint density at radius 2 is 1.96 bits per heavy atom. The van der Waals surface area contributed by atoms with E-state index < -0.39 is 0 Å². The predicted octanol–water partition coefficient (Wildman–Crippen LogP) is 1.70. The van der Waals surface area contributed by atoms with Crippen molar-refractivity contribution < 1.29 is 9.47 Å². The summed E-state index contributed by atoms with van der Waals surface area (Å²) in [5.41, 5.74) is 0. The molecule has 3 rings (SSSR count). The number of rotatable bonds is 4. The van der Waals surface area contributed by atoms with E-state index in [1.165, 1.54) is 25.8 Å². The lowest BCUT2D eigenvalue weighted by Crippen LogP contribution is -2.55. The minimum atomic E-state index is 0.175. The summed E-state index contributed by atoms with van der Waals surface area (Å²) in [6, 6.07) is 1.22. The van der Waals surface area contributed by atoms with Crippen LogP contribution in [0.3, 0.4) is 0 Å². The van der Waals surface area contributed by atoms with Gasteiger partial charge in [-0.2, -0.15) is 0 Å². The van der Waals surface area contributed by atoms with Crippen molar-refractivity contribution >= 4 is 5.96 Å². The van der Waals surface area contributed by atoms with Gasteiger partial charge in [0.2, 0.25) is 0 Å². The zero-order chi connectivity index (χ0) is 17.6. The van der Waals surface area contributed by atoms with E-state index in [4.69, 9.17) is 9.47 Å². The molecule has 0 aliphatic carbocycles. The SMILES string of the molecule is CN=C(NCC(C)N1CCCCC1C)N1CCOC(C2CCCO2)C1. The molecule has 0 aromatic rings. The Labute approximate surface area is 152 Å². The number of nitrogens with one attached hydrogen (secondary N) is 1. The normalized spacial score (nSPS) is 33.5. The molecule has 3 aliphatic rings. The van der Waals surface area contributed by atoms with Gasteiger partial charge in [-0.3, -0.25) is 9.89 Å². The minimum absolute atomic E-state index is 0.175. The molecule has 3 fully saturated rings. The van der Waals surface area contributed by atoms with Crippen molar-refractivity contribution in [1.82, 2.24) is 15.1 Å². The van der Waals surface area contributed by atoms with Gasteiger partial charge in [-0.05, 0) is 46.1 Å². The van der Waals surface area contributed by atoms with Crippen LogP contribution in [0.15, 0.2) is 4.99 Å². The summed E-state index contributed by atoms with van der Waals surface area (Å²) in [6.07, 6.45) is 6.74. The molecule has 3 aliphatic heterocycles. The van der Waals surface area contributed by atoms with Crippen LogP contribution in [-0.2, 0) is 9.47 Å². The van der Waals surface area contributed by atoms with E-state index in [2.05, 4.69) is 34.0 Å². The lowest BCUT2D eigenvalue weighted by Gasteiger charge is -2.40. The lowest BCUT2D eigenvalue weighted by molar-refractivity contribution is -0.0817. The van der Waals surface area contributed by atoms with Crippen molar-refractivity contribution in [2.45, 2.75) is 70.2 Å². The van der Waals surface area contributed by atoms with Crippen molar-refractivity contribution in [2.24, 2.45) is 4.99 Å². The number of likely N-dealkylation sites (tertiary alicyclic amines) is 1. The third-order valence-electron chi connectivity index (χ3n) is 5.96. The molecule has 0 bridgehead atoms. The first-order valence-electron chi connectivity index (χ1n) is 10.1. The molecule has 0 spiro atoms. The topological polar surface area (TPSA) is 49.3 Å². The average Bonchev–Trinajstić information content (AvgIpc) is 3.17. The molecule has 0 amide bonds. The Balaban J connectivity index is 1.49. The average molecular weight is 353 g/mol. The molecule has 0 saturated carbocycles. The van der Waals surface area contributed by atoms with Crippen LogP contribution in [0.25, 0.3) is 0 Å². The van der Waals surface area contributed by atoms with E-state index in [-0.39, 0.29) is 12.2 Å². The number of guanidine groups is 1. The van der Waals surface area contributed by atoms with Gasteiger partial charge in [0, 0.05) is 45.4 Å². The number of aliphatic imine (C=N–C) groups is 1. The van der Waals surface area contributed by atoms with Gasteiger partial charge >= 0.3 is 0 Å². The van der Waals surface area contributed by atoms with Crippen molar-refractivity contribution in [3.63, 3.8) is 0 Å². The summed E-state index contributed by atoms with van der Waals surface area (Å²) in [6.45, 7) is 10.3. The quantitative estimate of drug-likeness (QED) is 0.616. The van der Waals surface area contributed by atoms with Crippen LogP contribution < -0.4 is 5.32 Å². The van der Waals surface area contributed by atoms with Crippen LogP contribution in [0, 0.1) is 0 Å². The number of ether oxygens (including phenoxy) is 2. The number of nitrogens with zero attached hydrogens (tertiary/aromatic N) is 3. The first-order valence-corrected chi connectivity index (χ1v) is 10.1. The Kier molecular flexibility index (Phi) is 6.96. The van der Waals surface area contributed by atoms with Crippen molar-refractivity contribution in [3.8, 4) is 0 Å². The number of hydrogen-bond acceptors (Lipinski definition) is 4. The van der Waals surface area contributed by atoms with Gasteiger partial charge in [-0.15, -0.1) is 0 Å². The first kappa shape index (κ1) is 18.9. The van der Waals surface area contributed by atoms with Crippen LogP contribution >= 0.6 is 0 Å². The summed E-state index contributed by atoms with van der Waals surface area (Å²) in [5, 5.41) is 3.61. The second kappa shape index (κ2) is 9.19. The zero-order valence-corrected chi connectivity index (χ0v) is 16.2. The number of piperidine rings is 1. The van der Waals surface area contributed by atoms with Gasteiger partial charge in [0.15, 0.2) is 5.96 Å². The summed E-state index contributed by atoms with van der Waals surface area (Å²) in [7, 11) is 1.88. The van der Waals surface area contributed by atoms with Gasteiger partial charge in [0.25, 0.3) is 0 Å². The van der Waals surface area contributed by atoms with Gasteiger partial charge in [-0.25, -0.2) is 0 Å². The molecule has 3 saturated heterocycles. The zero-order valence-electron chi connectivity index (χ0n) is 16.2. The lowest BCUT2D eigenvalue weighted by atomic mass is 10.0. The highest BCUT2D eigenvalue weighted by atomic mass is 16.5. The predicted molar refractivity (Wildman–Crippen MR) is 101 cm³/mol. The molecule has 1 N–H and O–H groups in total. The second-order valence-corrected chi connectivity index (χ2v) is 7.77. The molecule has 0 aromatic heterocycles. The fourth-order valence-corrected chi connectivity index (χ4v) is 4.45. The highest BCUT2D eigenvalue weighted by molar-refractivity contribution is 5.80. The van der Waals surface area contributed by atoms with Crippen LogP contribution in [0.4, 0.5) is 0 Å². The number of morpholine rings is 1. The van der Waals surface area contributed by atoms with Gasteiger partial charge in [0.05, 0.1) is 12.7 Å². The Hall–Kier alpha value is -0.850. The Morgan fingerprint density at radius 3 is 2.68 bits per heavy atom. The fraction of sp³-hybridized carbons (Fsp3) is 0.947. The molecule has 144 valence electrons. The monoisotopic (exact) mass is 352 g/mol. The maximum Gasteiger partial charge on any atom is 0.193 e. The Morgan fingerprint density at radius 1 is 1.12 bits per heavy atom. The smallest absolute Gasteiger partial charge is 0.193 e. The summed E-state index contributed by atoms with van der Waals surface area (Å²) in [4.78, 5) is 9.50. The Bertz CT molecular complexity index is 439. The summed E-state index contributed by atoms with van der Waals surface area (Å²) < 4.78 is 11.8. The standard InChI is InChI=1S/C19H36N4O2/c1-15-7-4-5-9-23(15)16(2)13-21-19(20-3)22-10-12-25-18(14-22)17-8-6-11-24-17/h15-18H,4-14H2,1-3H3,(H,20,21). The van der Waals surface area contributed by atoms with E-state index in [1.54, 1.807) is 0 Å². The van der Waals surface area contributed by atoms with Crippen molar-refractivity contribution in [3.05, 3.63) is 0 Å². The molecule has 25 heavy (non-hydrogen) atoms. The highest BCUT2D eigenvalue weighted by Crippen LogP contribution is 2.21. The van der Waals surface area contributed by atoms with E-state index in [1.807, 2.05) is 7.05 Å². The van der Waals surface area contributed by atoms with Gasteiger partial charge in [-0.1, -0.05) is 6.42 Å². The summed E-state index contributed by atoms with van der Waals surface area (Å²) >= 11 is 0. The van der Waals surface area contributed by atoms with E-state index >= 15 is 0 Å². The van der Waals surface area contributed by atoms with Crippen LogP contribution in [0.5, 0.6) is 0 Å². The molecule has 6 heteroatoms. The highest BCUT2D eigenvalue weighted by Gasteiger charge is 2.32. The molecular formula is C19H36N4O2. The third-order valence-corrected chi connectivity index (χ3v) is 5.96. The first-order chi connectivity index (χ1) is 12.2. The van der Waals surface area contributed by atoms with Crippen LogP contribution in [0.1, 0.15) is 46.0 Å². The van der Waals surface area contributed by atoms with E-state index in [0.717, 1.165) is 51.6 Å². The molecule has 3 heterocycles. The molecule has 4 atom stereocenters. The van der Waals surface area contributed by atoms with Crippen molar-refractivity contribution in [2.75, 3.05) is 46.4 Å². The number of hydrogen-bond donors (Lipinski definition) is 1. The van der Waals surface area contributed by atoms with E-state index in [0.29, 0.717) is 12.1 Å². The largest absolute Gasteiger partial charge is 0.375 e. The van der Waals surface area contributed by atoms with Crippen LogP contribution in [-0.4, -0.2) is 86.5 Å². The molecule has 0 radical (unpaired) electrons. The van der Waals surface area contributed by atoms with Crippen LogP contribution in [0.2, 0.25) is 0 Å². The molecule has 4 unspecified atom stereocenters. The maximum atomic E-state index is 5.96. The van der Waals surface area contributed by atoms with Gasteiger partial charge in [0.1, 0.15) is 6.10 Å². The van der Waals surface area contributed by atoms with Gasteiger partial charge < -0.3 is 19.7 Å². The molecule has 6 nitrogen and oxygen atoms in total. The fourth-order valence-electron chi connectivity index (χ4n) is 4.45. The van der Waals surface area contributed by atoms with Crippen molar-refractivity contribution in [1.29, 1.82) is 0 Å². The molecular weight excluding hydrogens is 316 g/mol. The van der Waals surface area contributed by atoms with E-state index in [9.17, 15) is 0 Å². The second-order valence-electron chi connectivity index (χ2n) is 7.77. The minimum Gasteiger partial charge on any atom is -0.375 e. The molecule has 0 aromatic carbocycles. The third kappa shape index (κ3) is 4.86. The summed E-state index contributed by atoms with van der Waals surface area (Å²) in [5.74, 6) is 1.00.